The molecule has 0 fully saturated rings. The van der Waals surface area contributed by atoms with Crippen LogP contribution in [0.25, 0.3) is 17.1 Å². The van der Waals surface area contributed by atoms with Crippen molar-refractivity contribution in [2.24, 2.45) is 0 Å². The Morgan fingerprint density at radius 1 is 1.19 bits per heavy atom. The van der Waals surface area contributed by atoms with Gasteiger partial charge in [-0.25, -0.2) is 0 Å². The Hall–Kier alpha value is -3.17. The molecule has 0 unspecified atom stereocenters. The first-order chi connectivity index (χ1) is 15.0. The summed E-state index contributed by atoms with van der Waals surface area (Å²) in [6.07, 6.45) is 1.57. The highest BCUT2D eigenvalue weighted by atomic mass is 35.5. The fourth-order valence-corrected chi connectivity index (χ4v) is 3.57. The Balaban J connectivity index is 1.32. The van der Waals surface area contributed by atoms with Crippen LogP contribution in [0, 0.1) is 13.8 Å². The van der Waals surface area contributed by atoms with E-state index in [2.05, 4.69) is 20.3 Å². The smallest absolute Gasteiger partial charge is 0.316 e. The SMILES string of the molecule is Cc1ccc(-c2noc(COC(=O)CSc3nncn3-c3ccc(C)c(Cl)c3)n2)cc1. The molecular formula is C21H18ClN5O3S. The number of aromatic nitrogens is 5. The molecule has 0 N–H and O–H groups in total. The summed E-state index contributed by atoms with van der Waals surface area (Å²) in [6, 6.07) is 13.4. The van der Waals surface area contributed by atoms with Crippen LogP contribution >= 0.6 is 23.4 Å². The second-order valence-corrected chi connectivity index (χ2v) is 8.09. The third-order valence-electron chi connectivity index (χ3n) is 4.40. The molecular weight excluding hydrogens is 438 g/mol. The van der Waals surface area contributed by atoms with E-state index in [1.165, 1.54) is 11.8 Å². The molecule has 2 aromatic heterocycles. The number of esters is 1. The van der Waals surface area contributed by atoms with Gasteiger partial charge in [0, 0.05) is 10.6 Å². The number of nitrogens with zero attached hydrogens (tertiary/aromatic N) is 5. The Morgan fingerprint density at radius 3 is 2.77 bits per heavy atom. The van der Waals surface area contributed by atoms with E-state index in [9.17, 15) is 4.79 Å². The first-order valence-corrected chi connectivity index (χ1v) is 10.7. The van der Waals surface area contributed by atoms with Crippen molar-refractivity contribution in [1.82, 2.24) is 24.9 Å². The van der Waals surface area contributed by atoms with Gasteiger partial charge < -0.3 is 9.26 Å². The largest absolute Gasteiger partial charge is 0.455 e. The van der Waals surface area contributed by atoms with Gasteiger partial charge in [-0.15, -0.1) is 10.2 Å². The molecule has 4 aromatic rings. The first kappa shape index (κ1) is 21.1. The molecule has 0 saturated heterocycles. The third kappa shape index (κ3) is 5.12. The Morgan fingerprint density at radius 2 is 2.00 bits per heavy atom. The fourth-order valence-electron chi connectivity index (χ4n) is 2.67. The average Bonchev–Trinajstić information content (AvgIpc) is 3.43. The van der Waals surface area contributed by atoms with E-state index < -0.39 is 5.97 Å². The minimum atomic E-state index is -0.434. The number of hydrogen-bond donors (Lipinski definition) is 0. The normalized spacial score (nSPS) is 10.9. The van der Waals surface area contributed by atoms with Gasteiger partial charge in [0.1, 0.15) is 6.33 Å². The molecule has 31 heavy (non-hydrogen) atoms. The highest BCUT2D eigenvalue weighted by molar-refractivity contribution is 7.99. The van der Waals surface area contributed by atoms with Gasteiger partial charge in [-0.1, -0.05) is 64.4 Å². The van der Waals surface area contributed by atoms with Gasteiger partial charge >= 0.3 is 5.97 Å². The molecule has 0 bridgehead atoms. The quantitative estimate of drug-likeness (QED) is 0.298. The van der Waals surface area contributed by atoms with Crippen LogP contribution in [0.4, 0.5) is 0 Å². The van der Waals surface area contributed by atoms with Crippen molar-refractivity contribution in [1.29, 1.82) is 0 Å². The molecule has 4 rings (SSSR count). The van der Waals surface area contributed by atoms with Crippen LogP contribution in [0.15, 0.2) is 58.5 Å². The lowest BCUT2D eigenvalue weighted by Crippen LogP contribution is -2.08. The van der Waals surface area contributed by atoms with Crippen molar-refractivity contribution >= 4 is 29.3 Å². The van der Waals surface area contributed by atoms with Crippen molar-refractivity contribution in [2.75, 3.05) is 5.75 Å². The van der Waals surface area contributed by atoms with E-state index in [-0.39, 0.29) is 18.3 Å². The molecule has 10 heteroatoms. The number of thioether (sulfide) groups is 1. The monoisotopic (exact) mass is 455 g/mol. The van der Waals surface area contributed by atoms with Gasteiger partial charge in [-0.05, 0) is 31.5 Å². The second kappa shape index (κ2) is 9.32. The molecule has 0 radical (unpaired) electrons. The van der Waals surface area contributed by atoms with E-state index in [4.69, 9.17) is 20.9 Å². The molecule has 2 aromatic carbocycles. The Labute approximate surface area is 187 Å². The summed E-state index contributed by atoms with van der Waals surface area (Å²) in [4.78, 5) is 16.4. The van der Waals surface area contributed by atoms with Crippen LogP contribution < -0.4 is 0 Å². The first-order valence-electron chi connectivity index (χ1n) is 9.34. The number of aryl methyl sites for hydroxylation is 2. The van der Waals surface area contributed by atoms with Gasteiger partial charge in [0.15, 0.2) is 11.8 Å². The zero-order valence-electron chi connectivity index (χ0n) is 16.8. The molecule has 158 valence electrons. The fraction of sp³-hybridized carbons (Fsp3) is 0.190. The van der Waals surface area contributed by atoms with Crippen LogP contribution in [0.2, 0.25) is 5.02 Å². The molecule has 0 aliphatic heterocycles. The number of rotatable bonds is 7. The maximum absolute atomic E-state index is 12.2. The summed E-state index contributed by atoms with van der Waals surface area (Å²) in [5.74, 6) is 0.297. The van der Waals surface area contributed by atoms with E-state index in [0.717, 1.165) is 22.4 Å². The molecule has 0 spiro atoms. The van der Waals surface area contributed by atoms with E-state index in [0.29, 0.717) is 16.0 Å². The zero-order valence-corrected chi connectivity index (χ0v) is 18.4. The zero-order chi connectivity index (χ0) is 21.8. The summed E-state index contributed by atoms with van der Waals surface area (Å²) in [7, 11) is 0. The predicted molar refractivity (Wildman–Crippen MR) is 116 cm³/mol. The number of carbonyl (C=O) groups excluding carboxylic acids is 1. The maximum Gasteiger partial charge on any atom is 0.316 e. The standard InChI is InChI=1S/C21H18ClN5O3S/c1-13-3-6-15(7-4-13)20-24-18(30-26-20)10-29-19(28)11-31-21-25-23-12-27(21)16-8-5-14(2)17(22)9-16/h3-9,12H,10-11H2,1-2H3. The average molecular weight is 456 g/mol. The third-order valence-corrected chi connectivity index (χ3v) is 5.73. The van der Waals surface area contributed by atoms with Crippen LogP contribution in [-0.4, -0.2) is 36.6 Å². The number of halogens is 1. The van der Waals surface area contributed by atoms with E-state index >= 15 is 0 Å². The van der Waals surface area contributed by atoms with Crippen molar-refractivity contribution < 1.29 is 14.1 Å². The number of hydrogen-bond acceptors (Lipinski definition) is 8. The summed E-state index contributed by atoms with van der Waals surface area (Å²) in [5, 5.41) is 13.1. The minimum Gasteiger partial charge on any atom is -0.455 e. The minimum absolute atomic E-state index is 0.0528. The highest BCUT2D eigenvalue weighted by Crippen LogP contribution is 2.24. The van der Waals surface area contributed by atoms with Crippen LogP contribution in [-0.2, 0) is 16.1 Å². The van der Waals surface area contributed by atoms with Gasteiger partial charge in [0.25, 0.3) is 5.89 Å². The van der Waals surface area contributed by atoms with Gasteiger partial charge in [-0.2, -0.15) is 4.98 Å². The lowest BCUT2D eigenvalue weighted by atomic mass is 10.1. The number of carbonyl (C=O) groups is 1. The summed E-state index contributed by atoms with van der Waals surface area (Å²) >= 11 is 7.41. The van der Waals surface area contributed by atoms with Crippen LogP contribution in [0.3, 0.4) is 0 Å². The van der Waals surface area contributed by atoms with Gasteiger partial charge in [0.2, 0.25) is 5.82 Å². The van der Waals surface area contributed by atoms with Crippen LogP contribution in [0.5, 0.6) is 0 Å². The highest BCUT2D eigenvalue weighted by Gasteiger charge is 2.14. The summed E-state index contributed by atoms with van der Waals surface area (Å²) < 4.78 is 12.2. The second-order valence-electron chi connectivity index (χ2n) is 6.74. The Kier molecular flexibility index (Phi) is 6.34. The maximum atomic E-state index is 12.2. The summed E-state index contributed by atoms with van der Waals surface area (Å²) in [6.45, 7) is 3.83. The van der Waals surface area contributed by atoms with Crippen molar-refractivity contribution in [3.05, 3.63) is 70.8 Å². The van der Waals surface area contributed by atoms with Crippen molar-refractivity contribution in [3.63, 3.8) is 0 Å². The van der Waals surface area contributed by atoms with Crippen molar-refractivity contribution in [2.45, 2.75) is 25.6 Å². The lowest BCUT2D eigenvalue weighted by Gasteiger charge is -2.07. The number of benzene rings is 2. The summed E-state index contributed by atoms with van der Waals surface area (Å²) in [5.41, 5.74) is 3.76. The lowest BCUT2D eigenvalue weighted by molar-refractivity contribution is -0.142. The van der Waals surface area contributed by atoms with E-state index in [1.807, 2.05) is 56.3 Å². The molecule has 0 aliphatic rings. The molecule has 0 saturated carbocycles. The van der Waals surface area contributed by atoms with Gasteiger partial charge in [0.05, 0.1) is 11.4 Å². The predicted octanol–water partition coefficient (Wildman–Crippen LogP) is 4.42. The Bertz CT molecular complexity index is 1210. The number of ether oxygens (including phenoxy) is 1. The van der Waals surface area contributed by atoms with Crippen molar-refractivity contribution in [3.8, 4) is 17.1 Å². The molecule has 0 aliphatic carbocycles. The molecule has 2 heterocycles. The topological polar surface area (TPSA) is 95.9 Å². The van der Waals surface area contributed by atoms with E-state index in [1.54, 1.807) is 10.9 Å². The molecule has 0 amide bonds. The molecule has 8 nitrogen and oxygen atoms in total. The van der Waals surface area contributed by atoms with Crippen LogP contribution in [0.1, 0.15) is 17.0 Å². The molecule has 0 atom stereocenters. The van der Waals surface area contributed by atoms with Gasteiger partial charge in [-0.3, -0.25) is 9.36 Å².